The normalized spacial score (nSPS) is 15.6. The molecule has 0 radical (unpaired) electrons. The molecular weight excluding hydrogens is 693 g/mol. The average molecular weight is 737 g/mol. The van der Waals surface area contributed by atoms with E-state index in [0.29, 0.717) is 5.95 Å². The van der Waals surface area contributed by atoms with Crippen LogP contribution in [0.15, 0.2) is 158 Å². The molecule has 11 rings (SSSR count). The van der Waals surface area contributed by atoms with Gasteiger partial charge in [0.15, 0.2) is 0 Å². The van der Waals surface area contributed by atoms with E-state index < -0.39 is 0 Å². The molecule has 0 aliphatic heterocycles. The van der Waals surface area contributed by atoms with Crippen molar-refractivity contribution >= 4 is 54.5 Å². The number of fused-ring (bicyclic) bond motifs is 8. The number of para-hydroxylation sites is 3. The molecule has 0 fully saturated rings. The molecule has 1 aliphatic carbocycles. The lowest BCUT2D eigenvalue weighted by atomic mass is 9.59. The van der Waals surface area contributed by atoms with Gasteiger partial charge in [-0.05, 0) is 99.2 Å². The van der Waals surface area contributed by atoms with Crippen LogP contribution < -0.4 is 0 Å². The second-order valence-corrected chi connectivity index (χ2v) is 17.5. The van der Waals surface area contributed by atoms with Gasteiger partial charge in [-0.2, -0.15) is 0 Å². The molecule has 0 saturated heterocycles. The third-order valence-corrected chi connectivity index (χ3v) is 14.2. The Morgan fingerprint density at radius 1 is 0.386 bits per heavy atom. The van der Waals surface area contributed by atoms with Crippen molar-refractivity contribution in [1.82, 2.24) is 19.1 Å². The molecular formula is C53H44N4. The Morgan fingerprint density at radius 2 is 0.912 bits per heavy atom. The first-order valence-corrected chi connectivity index (χ1v) is 20.1. The Balaban J connectivity index is 1.19. The molecule has 3 aromatic heterocycles. The molecule has 4 nitrogen and oxygen atoms in total. The van der Waals surface area contributed by atoms with E-state index in [0.717, 1.165) is 33.2 Å². The number of hydrogen-bond donors (Lipinski definition) is 0. The molecule has 57 heavy (non-hydrogen) atoms. The first-order valence-electron chi connectivity index (χ1n) is 20.1. The summed E-state index contributed by atoms with van der Waals surface area (Å²) >= 11 is 0. The number of rotatable bonds is 4. The van der Waals surface area contributed by atoms with Crippen LogP contribution in [0.1, 0.15) is 52.7 Å². The Bertz CT molecular complexity index is 3250. The van der Waals surface area contributed by atoms with Crippen LogP contribution in [0.3, 0.4) is 0 Å². The summed E-state index contributed by atoms with van der Waals surface area (Å²) in [7, 11) is 0. The Labute approximate surface area is 333 Å². The summed E-state index contributed by atoms with van der Waals surface area (Å²) in [6, 6.07) is 57.2. The molecule has 0 saturated carbocycles. The van der Waals surface area contributed by atoms with Crippen LogP contribution in [-0.2, 0) is 10.8 Å². The Kier molecular flexibility index (Phi) is 6.97. The zero-order valence-electron chi connectivity index (χ0n) is 33.3. The van der Waals surface area contributed by atoms with E-state index in [1.807, 2.05) is 0 Å². The van der Waals surface area contributed by atoms with Crippen LogP contribution in [-0.4, -0.2) is 19.1 Å². The van der Waals surface area contributed by atoms with Gasteiger partial charge in [0.1, 0.15) is 0 Å². The molecule has 7 aromatic carbocycles. The highest BCUT2D eigenvalue weighted by molar-refractivity contribution is 6.13. The SMILES string of the molecule is CC1(C)c2cc3c4cc(-c5ccc6c(c5)c5ccccc5n6-c5ccccc5)ccc4n(-c4nc(-c5ccccc5)c5ccccc5n4)c3cc2C(C)(C)C1(C)C. The molecule has 4 heteroatoms. The third-order valence-electron chi connectivity index (χ3n) is 14.2. The van der Waals surface area contributed by atoms with Gasteiger partial charge in [0, 0.05) is 38.2 Å². The maximum Gasteiger partial charge on any atom is 0.235 e. The van der Waals surface area contributed by atoms with Crippen molar-refractivity contribution in [3.05, 3.63) is 169 Å². The van der Waals surface area contributed by atoms with E-state index in [4.69, 9.17) is 9.97 Å². The number of aromatic nitrogens is 4. The van der Waals surface area contributed by atoms with Crippen molar-refractivity contribution in [1.29, 1.82) is 0 Å². The van der Waals surface area contributed by atoms with Gasteiger partial charge in [-0.15, -0.1) is 0 Å². The van der Waals surface area contributed by atoms with Gasteiger partial charge in [0.25, 0.3) is 0 Å². The van der Waals surface area contributed by atoms with E-state index in [2.05, 4.69) is 208 Å². The van der Waals surface area contributed by atoms with Crippen molar-refractivity contribution in [3.63, 3.8) is 0 Å². The van der Waals surface area contributed by atoms with Gasteiger partial charge in [-0.3, -0.25) is 4.57 Å². The Morgan fingerprint density at radius 3 is 1.61 bits per heavy atom. The lowest BCUT2D eigenvalue weighted by Crippen LogP contribution is -2.42. The van der Waals surface area contributed by atoms with Crippen LogP contribution in [0, 0.1) is 5.41 Å². The van der Waals surface area contributed by atoms with Gasteiger partial charge in [-0.1, -0.05) is 139 Å². The van der Waals surface area contributed by atoms with Crippen molar-refractivity contribution in [2.75, 3.05) is 0 Å². The van der Waals surface area contributed by atoms with Gasteiger partial charge in [0.05, 0.1) is 33.3 Å². The summed E-state index contributed by atoms with van der Waals surface area (Å²) in [5.74, 6) is 0.685. The number of nitrogens with zero attached hydrogens (tertiary/aromatic N) is 4. The lowest BCUT2D eigenvalue weighted by Gasteiger charge is -2.44. The fourth-order valence-electron chi connectivity index (χ4n) is 9.94. The maximum absolute atomic E-state index is 5.42. The smallest absolute Gasteiger partial charge is 0.235 e. The fraction of sp³-hybridized carbons (Fsp3) is 0.170. The molecule has 0 N–H and O–H groups in total. The highest BCUT2D eigenvalue weighted by atomic mass is 15.2. The molecule has 3 heterocycles. The average Bonchev–Trinajstić information content (AvgIpc) is 3.77. The minimum absolute atomic E-state index is 0.0290. The summed E-state index contributed by atoms with van der Waals surface area (Å²) < 4.78 is 4.70. The zero-order chi connectivity index (χ0) is 38.8. The van der Waals surface area contributed by atoms with Gasteiger partial charge < -0.3 is 4.57 Å². The zero-order valence-corrected chi connectivity index (χ0v) is 33.3. The number of benzene rings is 7. The van der Waals surface area contributed by atoms with Crippen LogP contribution in [0.2, 0.25) is 0 Å². The van der Waals surface area contributed by atoms with Gasteiger partial charge >= 0.3 is 0 Å². The summed E-state index contributed by atoms with van der Waals surface area (Å²) in [5, 5.41) is 5.98. The molecule has 276 valence electrons. The van der Waals surface area contributed by atoms with E-state index in [1.54, 1.807) is 0 Å². The predicted molar refractivity (Wildman–Crippen MR) is 239 cm³/mol. The van der Waals surface area contributed by atoms with E-state index in [1.165, 1.54) is 60.5 Å². The van der Waals surface area contributed by atoms with Gasteiger partial charge in [-0.25, -0.2) is 9.97 Å². The van der Waals surface area contributed by atoms with Gasteiger partial charge in [0.2, 0.25) is 5.95 Å². The fourth-order valence-corrected chi connectivity index (χ4v) is 9.94. The predicted octanol–water partition coefficient (Wildman–Crippen LogP) is 13.8. The van der Waals surface area contributed by atoms with Crippen molar-refractivity contribution in [2.24, 2.45) is 5.41 Å². The minimum Gasteiger partial charge on any atom is -0.309 e. The summed E-state index contributed by atoms with van der Waals surface area (Å²) in [6.07, 6.45) is 0. The standard InChI is InChI=1S/C53H44N4/c1-51(2)42-31-41-40-30-35(34-25-27-46-39(29-34)37-21-14-16-24-45(37)56(46)36-19-11-8-12-20-36)26-28-47(40)57(48(41)32-43(42)52(3,4)53(51,5)6)50-54-44-23-15-13-22-38(44)49(55-50)33-17-9-7-10-18-33/h7-32H,1-6H3. The van der Waals surface area contributed by atoms with Crippen LogP contribution in [0.5, 0.6) is 0 Å². The first-order chi connectivity index (χ1) is 27.5. The largest absolute Gasteiger partial charge is 0.309 e. The second kappa shape index (κ2) is 11.8. The maximum atomic E-state index is 5.42. The highest BCUT2D eigenvalue weighted by Gasteiger charge is 2.57. The summed E-state index contributed by atoms with van der Waals surface area (Å²) in [6.45, 7) is 14.6. The molecule has 0 bridgehead atoms. The molecule has 0 spiro atoms. The van der Waals surface area contributed by atoms with Crippen LogP contribution >= 0.6 is 0 Å². The Hall–Kier alpha value is -6.52. The summed E-state index contributed by atoms with van der Waals surface area (Å²) in [5.41, 5.74) is 13.9. The van der Waals surface area contributed by atoms with Crippen molar-refractivity contribution in [3.8, 4) is 34.0 Å². The number of hydrogen-bond acceptors (Lipinski definition) is 2. The van der Waals surface area contributed by atoms with Crippen molar-refractivity contribution in [2.45, 2.75) is 52.4 Å². The topological polar surface area (TPSA) is 35.6 Å². The van der Waals surface area contributed by atoms with E-state index in [-0.39, 0.29) is 16.2 Å². The first kappa shape index (κ1) is 33.8. The molecule has 0 atom stereocenters. The van der Waals surface area contributed by atoms with Crippen LogP contribution in [0.25, 0.3) is 88.5 Å². The minimum atomic E-state index is -0.0553. The summed E-state index contributed by atoms with van der Waals surface area (Å²) in [4.78, 5) is 10.7. The monoisotopic (exact) mass is 736 g/mol. The molecule has 1 aliphatic rings. The molecule has 0 unspecified atom stereocenters. The van der Waals surface area contributed by atoms with E-state index in [9.17, 15) is 0 Å². The third kappa shape index (κ3) is 4.61. The second-order valence-electron chi connectivity index (χ2n) is 17.5. The van der Waals surface area contributed by atoms with E-state index >= 15 is 0 Å². The van der Waals surface area contributed by atoms with Crippen LogP contribution in [0.4, 0.5) is 0 Å². The quantitative estimate of drug-likeness (QED) is 0.180. The lowest BCUT2D eigenvalue weighted by molar-refractivity contribution is 0.125. The molecule has 0 amide bonds. The molecule has 10 aromatic rings. The highest BCUT2D eigenvalue weighted by Crippen LogP contribution is 2.62. The van der Waals surface area contributed by atoms with Crippen molar-refractivity contribution < 1.29 is 0 Å².